The Hall–Kier alpha value is -3.37. The summed E-state index contributed by atoms with van der Waals surface area (Å²) in [6.07, 6.45) is 2.81. The van der Waals surface area contributed by atoms with Gasteiger partial charge in [0.2, 0.25) is 15.9 Å². The SMILES string of the molecule is O=C(CNC(=O)c1ccco1)Nc1ccc(S(=O)(=O)NCc2ccco2)cc1. The number of carbonyl (C=O) groups is 2. The van der Waals surface area contributed by atoms with E-state index in [4.69, 9.17) is 8.83 Å². The van der Waals surface area contributed by atoms with E-state index < -0.39 is 21.8 Å². The van der Waals surface area contributed by atoms with Crippen molar-refractivity contribution >= 4 is 27.5 Å². The van der Waals surface area contributed by atoms with E-state index in [2.05, 4.69) is 15.4 Å². The zero-order valence-electron chi connectivity index (χ0n) is 14.5. The minimum atomic E-state index is -3.72. The average Bonchev–Trinajstić information content (AvgIpc) is 3.39. The zero-order chi connectivity index (χ0) is 20.0. The van der Waals surface area contributed by atoms with Crippen LogP contribution in [0.4, 0.5) is 5.69 Å². The van der Waals surface area contributed by atoms with Gasteiger partial charge >= 0.3 is 0 Å². The topological polar surface area (TPSA) is 131 Å². The van der Waals surface area contributed by atoms with E-state index in [0.29, 0.717) is 11.4 Å². The summed E-state index contributed by atoms with van der Waals surface area (Å²) in [5, 5.41) is 4.97. The first-order chi connectivity index (χ1) is 13.4. The molecule has 0 aliphatic carbocycles. The number of rotatable bonds is 8. The summed E-state index contributed by atoms with van der Waals surface area (Å²) >= 11 is 0. The summed E-state index contributed by atoms with van der Waals surface area (Å²) < 4.78 is 36.9. The Labute approximate surface area is 160 Å². The molecule has 0 spiro atoms. The van der Waals surface area contributed by atoms with Gasteiger partial charge in [0.1, 0.15) is 5.76 Å². The number of benzene rings is 1. The predicted octanol–water partition coefficient (Wildman–Crippen LogP) is 1.72. The van der Waals surface area contributed by atoms with E-state index in [-0.39, 0.29) is 23.7 Å². The lowest BCUT2D eigenvalue weighted by Gasteiger charge is -2.08. The Balaban J connectivity index is 1.52. The first kappa shape index (κ1) is 19.4. The van der Waals surface area contributed by atoms with Crippen molar-refractivity contribution in [1.82, 2.24) is 10.0 Å². The maximum absolute atomic E-state index is 12.3. The lowest BCUT2D eigenvalue weighted by atomic mass is 10.3. The quantitative estimate of drug-likeness (QED) is 0.525. The van der Waals surface area contributed by atoms with Gasteiger partial charge in [-0.25, -0.2) is 13.1 Å². The van der Waals surface area contributed by atoms with Crippen LogP contribution in [0.25, 0.3) is 0 Å². The Morgan fingerprint density at radius 2 is 1.64 bits per heavy atom. The van der Waals surface area contributed by atoms with Crippen molar-refractivity contribution in [1.29, 1.82) is 0 Å². The zero-order valence-corrected chi connectivity index (χ0v) is 15.4. The first-order valence-electron chi connectivity index (χ1n) is 8.18. The minimum Gasteiger partial charge on any atom is -0.468 e. The van der Waals surface area contributed by atoms with Crippen molar-refractivity contribution in [3.8, 4) is 0 Å². The van der Waals surface area contributed by atoms with Gasteiger partial charge in [-0.1, -0.05) is 0 Å². The maximum Gasteiger partial charge on any atom is 0.287 e. The van der Waals surface area contributed by atoms with Crippen LogP contribution in [-0.2, 0) is 21.4 Å². The second-order valence-corrected chi connectivity index (χ2v) is 7.40. The van der Waals surface area contributed by atoms with Gasteiger partial charge in [0.15, 0.2) is 5.76 Å². The van der Waals surface area contributed by atoms with Crippen LogP contribution in [-0.4, -0.2) is 26.8 Å². The number of amides is 2. The number of hydrogen-bond acceptors (Lipinski definition) is 6. The highest BCUT2D eigenvalue weighted by Gasteiger charge is 2.15. The van der Waals surface area contributed by atoms with E-state index >= 15 is 0 Å². The number of anilines is 1. The van der Waals surface area contributed by atoms with Crippen molar-refractivity contribution in [2.45, 2.75) is 11.4 Å². The van der Waals surface area contributed by atoms with Crippen LogP contribution in [0, 0.1) is 0 Å². The molecule has 0 aliphatic heterocycles. The molecule has 0 radical (unpaired) electrons. The summed E-state index contributed by atoms with van der Waals surface area (Å²) in [5.41, 5.74) is 0.391. The molecule has 0 unspecified atom stereocenters. The fraction of sp³-hybridized carbons (Fsp3) is 0.111. The molecule has 28 heavy (non-hydrogen) atoms. The number of furan rings is 2. The number of sulfonamides is 1. The van der Waals surface area contributed by atoms with Crippen LogP contribution in [0.2, 0.25) is 0 Å². The molecule has 1 aromatic carbocycles. The standard InChI is InChI=1S/C18H17N3O6S/c22-17(12-19-18(23)16-4-2-10-27-16)21-13-5-7-15(8-6-13)28(24,25)20-11-14-3-1-9-26-14/h1-10,20H,11-12H2,(H,19,23)(H,21,22). The van der Waals surface area contributed by atoms with E-state index in [1.807, 2.05) is 0 Å². The minimum absolute atomic E-state index is 0.0309. The Morgan fingerprint density at radius 3 is 2.29 bits per heavy atom. The van der Waals surface area contributed by atoms with Gasteiger partial charge in [-0.2, -0.15) is 0 Å². The largest absolute Gasteiger partial charge is 0.468 e. The first-order valence-corrected chi connectivity index (χ1v) is 9.66. The molecule has 2 heterocycles. The molecule has 0 fully saturated rings. The molecule has 3 N–H and O–H groups in total. The van der Waals surface area contributed by atoms with E-state index in [0.717, 1.165) is 0 Å². The molecule has 0 atom stereocenters. The van der Waals surface area contributed by atoms with Crippen molar-refractivity contribution in [3.05, 3.63) is 72.6 Å². The number of nitrogens with one attached hydrogen (secondary N) is 3. The van der Waals surface area contributed by atoms with Gasteiger partial charge < -0.3 is 19.5 Å². The lowest BCUT2D eigenvalue weighted by molar-refractivity contribution is -0.115. The molecule has 2 aromatic heterocycles. The fourth-order valence-electron chi connectivity index (χ4n) is 2.24. The average molecular weight is 403 g/mol. The van der Waals surface area contributed by atoms with Crippen LogP contribution in [0.3, 0.4) is 0 Å². The molecule has 10 heteroatoms. The molecule has 0 bridgehead atoms. The van der Waals surface area contributed by atoms with Gasteiger partial charge in [-0.3, -0.25) is 9.59 Å². The van der Waals surface area contributed by atoms with Crippen LogP contribution >= 0.6 is 0 Å². The molecule has 0 saturated heterocycles. The highest BCUT2D eigenvalue weighted by atomic mass is 32.2. The smallest absolute Gasteiger partial charge is 0.287 e. The third-order valence-electron chi connectivity index (χ3n) is 3.62. The summed E-state index contributed by atoms with van der Waals surface area (Å²) in [6.45, 7) is -0.229. The van der Waals surface area contributed by atoms with Crippen LogP contribution < -0.4 is 15.4 Å². The second kappa shape index (κ2) is 8.55. The molecule has 146 valence electrons. The highest BCUT2D eigenvalue weighted by molar-refractivity contribution is 7.89. The third kappa shape index (κ3) is 5.09. The Bertz CT molecular complexity index is 1030. The Morgan fingerprint density at radius 1 is 0.929 bits per heavy atom. The molecular weight excluding hydrogens is 386 g/mol. The summed E-state index contributed by atoms with van der Waals surface area (Å²) in [7, 11) is -3.72. The molecule has 3 aromatic rings. The summed E-state index contributed by atoms with van der Waals surface area (Å²) in [5.74, 6) is -0.385. The van der Waals surface area contributed by atoms with Crippen LogP contribution in [0.15, 0.2) is 74.8 Å². The highest BCUT2D eigenvalue weighted by Crippen LogP contribution is 2.14. The maximum atomic E-state index is 12.3. The molecule has 0 aliphatic rings. The molecule has 2 amide bonds. The monoisotopic (exact) mass is 403 g/mol. The van der Waals surface area contributed by atoms with E-state index in [1.54, 1.807) is 18.2 Å². The summed E-state index contributed by atoms with van der Waals surface area (Å²) in [6, 6.07) is 12.0. The number of hydrogen-bond donors (Lipinski definition) is 3. The fourth-order valence-corrected chi connectivity index (χ4v) is 3.23. The van der Waals surface area contributed by atoms with Gasteiger partial charge in [0.05, 0.1) is 30.5 Å². The summed E-state index contributed by atoms with van der Waals surface area (Å²) in [4.78, 5) is 23.6. The lowest BCUT2D eigenvalue weighted by Crippen LogP contribution is -2.32. The normalized spacial score (nSPS) is 11.1. The van der Waals surface area contributed by atoms with Crippen molar-refractivity contribution in [2.75, 3.05) is 11.9 Å². The Kier molecular flexibility index (Phi) is 5.92. The van der Waals surface area contributed by atoms with Crippen molar-refractivity contribution in [3.63, 3.8) is 0 Å². The molecule has 0 saturated carbocycles. The molecular formula is C18H17N3O6S. The molecule has 3 rings (SSSR count). The molecule has 9 nitrogen and oxygen atoms in total. The predicted molar refractivity (Wildman–Crippen MR) is 98.8 cm³/mol. The van der Waals surface area contributed by atoms with Crippen molar-refractivity contribution in [2.24, 2.45) is 0 Å². The van der Waals surface area contributed by atoms with Crippen molar-refractivity contribution < 1.29 is 26.8 Å². The van der Waals surface area contributed by atoms with Crippen LogP contribution in [0.1, 0.15) is 16.3 Å². The van der Waals surface area contributed by atoms with Gasteiger partial charge in [0.25, 0.3) is 5.91 Å². The third-order valence-corrected chi connectivity index (χ3v) is 5.04. The van der Waals surface area contributed by atoms with Crippen LogP contribution in [0.5, 0.6) is 0 Å². The van der Waals surface area contributed by atoms with E-state index in [9.17, 15) is 18.0 Å². The van der Waals surface area contributed by atoms with Gasteiger partial charge in [0, 0.05) is 5.69 Å². The van der Waals surface area contributed by atoms with Gasteiger partial charge in [-0.15, -0.1) is 0 Å². The van der Waals surface area contributed by atoms with Gasteiger partial charge in [-0.05, 0) is 48.5 Å². The number of carbonyl (C=O) groups excluding carboxylic acids is 2. The second-order valence-electron chi connectivity index (χ2n) is 5.64. The van der Waals surface area contributed by atoms with E-state index in [1.165, 1.54) is 42.9 Å².